The van der Waals surface area contributed by atoms with Gasteiger partial charge in [-0.25, -0.2) is 4.79 Å². The van der Waals surface area contributed by atoms with Crippen molar-refractivity contribution in [2.45, 2.75) is 45.4 Å². The Morgan fingerprint density at radius 1 is 1.32 bits per heavy atom. The largest absolute Gasteiger partial charge is 0.390 e. The molecular formula is C26H26ClN5O2. The number of fused-ring (bicyclic) bond motifs is 2. The van der Waals surface area contributed by atoms with E-state index in [0.29, 0.717) is 43.1 Å². The number of nitriles is 1. The van der Waals surface area contributed by atoms with Crippen molar-refractivity contribution in [2.24, 2.45) is 0 Å². The fourth-order valence-electron chi connectivity index (χ4n) is 5.24. The fraction of sp³-hybridized carbons (Fsp3) is 0.346. The van der Waals surface area contributed by atoms with Crippen LogP contribution in [0.4, 0.5) is 4.79 Å². The van der Waals surface area contributed by atoms with Crippen LogP contribution >= 0.6 is 11.6 Å². The van der Waals surface area contributed by atoms with E-state index < -0.39 is 6.10 Å². The number of rotatable bonds is 3. The SMILES string of the molecule is CCNC(=O)N1CCc2c(c(-c3cccc(C#N)c3)nn2C2c3cc(Cl)cc(C)c3CC2O)C1. The van der Waals surface area contributed by atoms with Crippen LogP contribution in [0.5, 0.6) is 0 Å². The van der Waals surface area contributed by atoms with Crippen LogP contribution in [-0.2, 0) is 19.4 Å². The number of hydrogen-bond donors (Lipinski definition) is 2. The first-order valence-electron chi connectivity index (χ1n) is 11.5. The number of nitrogens with zero attached hydrogens (tertiary/aromatic N) is 4. The van der Waals surface area contributed by atoms with Crippen LogP contribution in [0, 0.1) is 18.3 Å². The third-order valence-corrected chi connectivity index (χ3v) is 7.02. The van der Waals surface area contributed by atoms with Crippen molar-refractivity contribution in [3.63, 3.8) is 0 Å². The summed E-state index contributed by atoms with van der Waals surface area (Å²) in [5.41, 5.74) is 7.23. The summed E-state index contributed by atoms with van der Waals surface area (Å²) in [6.45, 7) is 5.45. The van der Waals surface area contributed by atoms with Crippen LogP contribution in [0.2, 0.25) is 5.02 Å². The first kappa shape index (κ1) is 22.5. The number of aromatic nitrogens is 2. The predicted molar refractivity (Wildman–Crippen MR) is 130 cm³/mol. The van der Waals surface area contributed by atoms with E-state index >= 15 is 0 Å². The molecule has 8 heteroatoms. The molecule has 2 aromatic carbocycles. The minimum atomic E-state index is -0.629. The number of aliphatic hydroxyl groups excluding tert-OH is 1. The van der Waals surface area contributed by atoms with Crippen LogP contribution in [0.1, 0.15) is 46.5 Å². The van der Waals surface area contributed by atoms with E-state index in [1.807, 2.05) is 48.9 Å². The van der Waals surface area contributed by atoms with Gasteiger partial charge in [-0.05, 0) is 54.8 Å². The highest BCUT2D eigenvalue weighted by Crippen LogP contribution is 2.41. The molecule has 0 bridgehead atoms. The number of benzene rings is 2. The maximum Gasteiger partial charge on any atom is 0.317 e. The molecule has 0 radical (unpaired) electrons. The average Bonchev–Trinajstić information content (AvgIpc) is 3.36. The van der Waals surface area contributed by atoms with Crippen molar-refractivity contribution >= 4 is 17.6 Å². The zero-order valence-electron chi connectivity index (χ0n) is 19.2. The Morgan fingerprint density at radius 2 is 2.15 bits per heavy atom. The number of aryl methyl sites for hydroxylation is 1. The highest BCUT2D eigenvalue weighted by Gasteiger charge is 2.38. The topological polar surface area (TPSA) is 94.2 Å². The smallest absolute Gasteiger partial charge is 0.317 e. The van der Waals surface area contributed by atoms with E-state index in [2.05, 4.69) is 11.4 Å². The van der Waals surface area contributed by atoms with Crippen LogP contribution in [0.15, 0.2) is 36.4 Å². The van der Waals surface area contributed by atoms with Gasteiger partial charge in [-0.3, -0.25) is 4.68 Å². The molecule has 2 aliphatic rings. The van der Waals surface area contributed by atoms with Gasteiger partial charge in [-0.15, -0.1) is 0 Å². The summed E-state index contributed by atoms with van der Waals surface area (Å²) in [6, 6.07) is 12.9. The molecule has 5 rings (SSSR count). The minimum Gasteiger partial charge on any atom is -0.390 e. The number of nitrogens with one attached hydrogen (secondary N) is 1. The highest BCUT2D eigenvalue weighted by atomic mass is 35.5. The number of carbonyl (C=O) groups excluding carboxylic acids is 1. The van der Waals surface area contributed by atoms with Crippen molar-refractivity contribution < 1.29 is 9.90 Å². The monoisotopic (exact) mass is 475 g/mol. The molecule has 2 N–H and O–H groups in total. The van der Waals surface area contributed by atoms with Gasteiger partial charge in [0.2, 0.25) is 0 Å². The zero-order chi connectivity index (χ0) is 24.0. The maximum absolute atomic E-state index is 12.6. The summed E-state index contributed by atoms with van der Waals surface area (Å²) < 4.78 is 1.94. The van der Waals surface area contributed by atoms with Gasteiger partial charge < -0.3 is 15.3 Å². The summed E-state index contributed by atoms with van der Waals surface area (Å²) in [4.78, 5) is 14.4. The summed E-state index contributed by atoms with van der Waals surface area (Å²) in [5.74, 6) is 0. The molecule has 2 amide bonds. The first-order chi connectivity index (χ1) is 16.4. The van der Waals surface area contributed by atoms with E-state index in [1.165, 1.54) is 0 Å². The lowest BCUT2D eigenvalue weighted by Crippen LogP contribution is -2.43. The lowest BCUT2D eigenvalue weighted by atomic mass is 9.99. The third kappa shape index (κ3) is 3.73. The molecule has 0 saturated carbocycles. The normalized spacial score (nSPS) is 18.9. The summed E-state index contributed by atoms with van der Waals surface area (Å²) >= 11 is 6.40. The Morgan fingerprint density at radius 3 is 2.91 bits per heavy atom. The molecule has 1 aliphatic heterocycles. The summed E-state index contributed by atoms with van der Waals surface area (Å²) in [5, 5.41) is 29.1. The second-order valence-electron chi connectivity index (χ2n) is 8.92. The molecule has 0 spiro atoms. The number of aliphatic hydroxyl groups is 1. The molecule has 1 aliphatic carbocycles. The van der Waals surface area contributed by atoms with Crippen molar-refractivity contribution in [1.82, 2.24) is 20.0 Å². The molecule has 7 nitrogen and oxygen atoms in total. The number of carbonyl (C=O) groups is 1. The van der Waals surface area contributed by atoms with Gasteiger partial charge in [0.25, 0.3) is 0 Å². The Labute approximate surface area is 203 Å². The molecule has 2 unspecified atom stereocenters. The van der Waals surface area contributed by atoms with Crippen molar-refractivity contribution in [3.8, 4) is 17.3 Å². The van der Waals surface area contributed by atoms with Crippen LogP contribution in [-0.4, -0.2) is 45.0 Å². The Kier molecular flexibility index (Phi) is 5.80. The van der Waals surface area contributed by atoms with E-state index in [9.17, 15) is 15.2 Å². The lowest BCUT2D eigenvalue weighted by molar-refractivity contribution is 0.136. The molecule has 3 aromatic rings. The number of halogens is 1. The molecule has 174 valence electrons. The van der Waals surface area contributed by atoms with Crippen molar-refractivity contribution in [2.75, 3.05) is 13.1 Å². The van der Waals surface area contributed by atoms with E-state index in [0.717, 1.165) is 39.2 Å². The number of hydrogen-bond acceptors (Lipinski definition) is 4. The predicted octanol–water partition coefficient (Wildman–Crippen LogP) is 3.98. The molecular weight excluding hydrogens is 450 g/mol. The van der Waals surface area contributed by atoms with Crippen LogP contribution < -0.4 is 5.32 Å². The van der Waals surface area contributed by atoms with Gasteiger partial charge >= 0.3 is 6.03 Å². The quantitative estimate of drug-likeness (QED) is 0.599. The standard InChI is InChI=1S/C26H26ClN5O2/c1-3-29-26(34)31-8-7-22-21(14-31)24(17-6-4-5-16(10-17)13-28)30-32(22)25-20-11-18(27)9-15(2)19(20)12-23(25)33/h4-6,9-11,23,25,33H,3,7-8,12,14H2,1-2H3,(H,29,34). The van der Waals surface area contributed by atoms with Crippen LogP contribution in [0.25, 0.3) is 11.3 Å². The highest BCUT2D eigenvalue weighted by molar-refractivity contribution is 6.30. The molecule has 2 heterocycles. The van der Waals surface area contributed by atoms with Crippen molar-refractivity contribution in [3.05, 3.63) is 74.9 Å². The molecule has 2 atom stereocenters. The molecule has 34 heavy (non-hydrogen) atoms. The van der Waals surface area contributed by atoms with Gasteiger partial charge in [0.1, 0.15) is 6.04 Å². The molecule has 0 saturated heterocycles. The second-order valence-corrected chi connectivity index (χ2v) is 9.36. The molecule has 0 fully saturated rings. The number of amides is 2. The van der Waals surface area contributed by atoms with Crippen molar-refractivity contribution in [1.29, 1.82) is 5.26 Å². The Balaban J connectivity index is 1.66. The van der Waals surface area contributed by atoms with Gasteiger partial charge in [0.15, 0.2) is 0 Å². The Hall–Kier alpha value is -3.34. The van der Waals surface area contributed by atoms with E-state index in [4.69, 9.17) is 16.7 Å². The van der Waals surface area contributed by atoms with E-state index in [1.54, 1.807) is 11.0 Å². The fourth-order valence-corrected chi connectivity index (χ4v) is 5.53. The minimum absolute atomic E-state index is 0.105. The lowest BCUT2D eigenvalue weighted by Gasteiger charge is -2.29. The maximum atomic E-state index is 12.6. The average molecular weight is 476 g/mol. The number of urea groups is 1. The Bertz CT molecular complexity index is 1330. The summed E-state index contributed by atoms with van der Waals surface area (Å²) in [6.07, 6.45) is 0.535. The third-order valence-electron chi connectivity index (χ3n) is 6.80. The van der Waals surface area contributed by atoms with Gasteiger partial charge in [0, 0.05) is 47.8 Å². The van der Waals surface area contributed by atoms with E-state index in [-0.39, 0.29) is 12.1 Å². The first-order valence-corrected chi connectivity index (χ1v) is 11.9. The van der Waals surface area contributed by atoms with Gasteiger partial charge in [-0.1, -0.05) is 23.7 Å². The van der Waals surface area contributed by atoms with Crippen LogP contribution in [0.3, 0.4) is 0 Å². The summed E-state index contributed by atoms with van der Waals surface area (Å²) in [7, 11) is 0. The van der Waals surface area contributed by atoms with Gasteiger partial charge in [-0.2, -0.15) is 10.4 Å². The zero-order valence-corrected chi connectivity index (χ0v) is 19.9. The molecule has 1 aromatic heterocycles. The second kappa shape index (κ2) is 8.79. The van der Waals surface area contributed by atoms with Gasteiger partial charge in [0.05, 0.1) is 30.0 Å².